The molecular weight excluding hydrogens is 260 g/mol. The predicted molar refractivity (Wildman–Crippen MR) is 71.3 cm³/mol. The van der Waals surface area contributed by atoms with E-state index in [0.29, 0.717) is 25.1 Å². The third-order valence-corrected chi connectivity index (χ3v) is 3.08. The van der Waals surface area contributed by atoms with Gasteiger partial charge in [-0.25, -0.2) is 4.79 Å². The normalized spacial score (nSPS) is 11.2. The quantitative estimate of drug-likeness (QED) is 0.728. The Bertz CT molecular complexity index is 771. The van der Waals surface area contributed by atoms with E-state index in [-0.39, 0.29) is 12.4 Å². The van der Waals surface area contributed by atoms with Crippen LogP contribution in [0, 0.1) is 0 Å². The summed E-state index contributed by atoms with van der Waals surface area (Å²) in [6.07, 6.45) is 2.25. The highest BCUT2D eigenvalue weighted by Gasteiger charge is 2.08. The van der Waals surface area contributed by atoms with Crippen molar-refractivity contribution in [1.29, 1.82) is 0 Å². The van der Waals surface area contributed by atoms with E-state index in [1.54, 1.807) is 21.5 Å². The minimum absolute atomic E-state index is 0.0462. The van der Waals surface area contributed by atoms with Gasteiger partial charge in [0.15, 0.2) is 5.58 Å². The van der Waals surface area contributed by atoms with Crippen LogP contribution in [0.25, 0.3) is 11.1 Å². The number of hydrogen-bond acceptors (Lipinski definition) is 5. The number of oxazole rings is 1. The summed E-state index contributed by atoms with van der Waals surface area (Å²) < 4.78 is 8.38. The van der Waals surface area contributed by atoms with Crippen molar-refractivity contribution in [3.8, 4) is 0 Å². The first kappa shape index (κ1) is 12.6. The molecule has 3 rings (SSSR count). The SMILES string of the molecule is O=c1oc2ccccc2n1CCn1cc(CCO)nn1. The Labute approximate surface area is 114 Å². The zero-order valence-electron chi connectivity index (χ0n) is 10.8. The zero-order chi connectivity index (χ0) is 13.9. The van der Waals surface area contributed by atoms with E-state index >= 15 is 0 Å². The molecule has 0 amide bonds. The van der Waals surface area contributed by atoms with Crippen LogP contribution in [0.3, 0.4) is 0 Å². The minimum atomic E-state index is -0.373. The Morgan fingerprint density at radius 2 is 2.10 bits per heavy atom. The van der Waals surface area contributed by atoms with Gasteiger partial charge in [-0.1, -0.05) is 17.3 Å². The number of aryl methyl sites for hydroxylation is 2. The van der Waals surface area contributed by atoms with E-state index < -0.39 is 0 Å². The van der Waals surface area contributed by atoms with Crippen LogP contribution in [0.15, 0.2) is 39.7 Å². The van der Waals surface area contributed by atoms with Crippen LogP contribution in [0.2, 0.25) is 0 Å². The van der Waals surface area contributed by atoms with Crippen molar-refractivity contribution in [2.75, 3.05) is 6.61 Å². The molecule has 0 radical (unpaired) electrons. The number of para-hydroxylation sites is 2. The van der Waals surface area contributed by atoms with Gasteiger partial charge in [-0.3, -0.25) is 9.25 Å². The Morgan fingerprint density at radius 3 is 2.95 bits per heavy atom. The molecule has 0 atom stereocenters. The van der Waals surface area contributed by atoms with Crippen molar-refractivity contribution >= 4 is 11.1 Å². The van der Waals surface area contributed by atoms with Crippen molar-refractivity contribution in [3.05, 3.63) is 46.7 Å². The molecule has 0 aliphatic heterocycles. The first-order valence-corrected chi connectivity index (χ1v) is 6.36. The molecule has 0 spiro atoms. The Balaban J connectivity index is 1.79. The number of hydrogen-bond donors (Lipinski definition) is 1. The molecule has 0 unspecified atom stereocenters. The topological polar surface area (TPSA) is 86.1 Å². The van der Waals surface area contributed by atoms with Gasteiger partial charge in [0.1, 0.15) is 0 Å². The summed E-state index contributed by atoms with van der Waals surface area (Å²) in [5, 5.41) is 16.7. The van der Waals surface area contributed by atoms with Gasteiger partial charge in [-0.05, 0) is 12.1 Å². The lowest BCUT2D eigenvalue weighted by molar-refractivity contribution is 0.298. The second-order valence-electron chi connectivity index (χ2n) is 4.43. The molecular formula is C13H14N4O3. The number of aromatic nitrogens is 4. The van der Waals surface area contributed by atoms with Crippen LogP contribution < -0.4 is 5.76 Å². The molecule has 20 heavy (non-hydrogen) atoms. The average Bonchev–Trinajstić information content (AvgIpc) is 3.01. The molecule has 0 fully saturated rings. The van der Waals surface area contributed by atoms with E-state index in [4.69, 9.17) is 9.52 Å². The zero-order valence-corrected chi connectivity index (χ0v) is 10.8. The Kier molecular flexibility index (Phi) is 3.34. The van der Waals surface area contributed by atoms with E-state index in [1.807, 2.05) is 18.2 Å². The summed E-state index contributed by atoms with van der Waals surface area (Å²) >= 11 is 0. The van der Waals surface area contributed by atoms with Gasteiger partial charge < -0.3 is 9.52 Å². The molecule has 7 heteroatoms. The number of nitrogens with zero attached hydrogens (tertiary/aromatic N) is 4. The van der Waals surface area contributed by atoms with Crippen LogP contribution >= 0.6 is 0 Å². The fourth-order valence-electron chi connectivity index (χ4n) is 2.11. The fraction of sp³-hybridized carbons (Fsp3) is 0.308. The third kappa shape index (κ3) is 2.35. The van der Waals surface area contributed by atoms with Gasteiger partial charge in [0, 0.05) is 25.8 Å². The number of aliphatic hydroxyl groups is 1. The molecule has 1 aromatic carbocycles. The second-order valence-corrected chi connectivity index (χ2v) is 4.43. The monoisotopic (exact) mass is 274 g/mol. The molecule has 0 aliphatic rings. The van der Waals surface area contributed by atoms with E-state index in [9.17, 15) is 4.79 Å². The summed E-state index contributed by atoms with van der Waals surface area (Å²) in [7, 11) is 0. The molecule has 0 saturated carbocycles. The molecule has 2 heterocycles. The molecule has 1 N–H and O–H groups in total. The molecule has 104 valence electrons. The van der Waals surface area contributed by atoms with Crippen molar-refractivity contribution in [1.82, 2.24) is 19.6 Å². The van der Waals surface area contributed by atoms with Crippen LogP contribution in [0.1, 0.15) is 5.69 Å². The summed E-state index contributed by atoms with van der Waals surface area (Å²) in [6.45, 7) is 1.02. The van der Waals surface area contributed by atoms with E-state index in [1.165, 1.54) is 0 Å². The molecule has 2 aromatic heterocycles. The van der Waals surface area contributed by atoms with E-state index in [2.05, 4.69) is 10.3 Å². The maximum absolute atomic E-state index is 11.8. The van der Waals surface area contributed by atoms with Crippen molar-refractivity contribution in [2.45, 2.75) is 19.5 Å². The van der Waals surface area contributed by atoms with Gasteiger partial charge in [0.25, 0.3) is 0 Å². The van der Waals surface area contributed by atoms with Crippen LogP contribution in [0.4, 0.5) is 0 Å². The van der Waals surface area contributed by atoms with Crippen LogP contribution in [-0.2, 0) is 19.5 Å². The molecule has 0 aliphatic carbocycles. The minimum Gasteiger partial charge on any atom is -0.408 e. The lowest BCUT2D eigenvalue weighted by Crippen LogP contribution is -2.18. The highest BCUT2D eigenvalue weighted by molar-refractivity contribution is 5.72. The number of rotatable bonds is 5. The predicted octanol–water partition coefficient (Wildman–Crippen LogP) is 0.421. The fourth-order valence-corrected chi connectivity index (χ4v) is 2.11. The molecule has 7 nitrogen and oxygen atoms in total. The van der Waals surface area contributed by atoms with Crippen molar-refractivity contribution in [2.24, 2.45) is 0 Å². The van der Waals surface area contributed by atoms with Crippen LogP contribution in [0.5, 0.6) is 0 Å². The first-order chi connectivity index (χ1) is 9.78. The van der Waals surface area contributed by atoms with Gasteiger partial charge in [-0.15, -0.1) is 5.10 Å². The highest BCUT2D eigenvalue weighted by Crippen LogP contribution is 2.11. The average molecular weight is 274 g/mol. The van der Waals surface area contributed by atoms with Gasteiger partial charge in [0.2, 0.25) is 0 Å². The number of benzene rings is 1. The van der Waals surface area contributed by atoms with Crippen molar-refractivity contribution in [3.63, 3.8) is 0 Å². The molecule has 3 aromatic rings. The summed E-state index contributed by atoms with van der Waals surface area (Å²) in [5.74, 6) is -0.373. The maximum atomic E-state index is 11.8. The lowest BCUT2D eigenvalue weighted by atomic mass is 10.3. The summed E-state index contributed by atoms with van der Waals surface area (Å²) in [5.41, 5.74) is 2.09. The van der Waals surface area contributed by atoms with E-state index in [0.717, 1.165) is 11.2 Å². The van der Waals surface area contributed by atoms with Gasteiger partial charge >= 0.3 is 5.76 Å². The second kappa shape index (κ2) is 5.30. The highest BCUT2D eigenvalue weighted by atomic mass is 16.4. The number of aliphatic hydroxyl groups excluding tert-OH is 1. The van der Waals surface area contributed by atoms with Gasteiger partial charge in [-0.2, -0.15) is 0 Å². The van der Waals surface area contributed by atoms with Gasteiger partial charge in [0.05, 0.1) is 17.8 Å². The smallest absolute Gasteiger partial charge is 0.408 e. The third-order valence-electron chi connectivity index (χ3n) is 3.08. The van der Waals surface area contributed by atoms with Crippen molar-refractivity contribution < 1.29 is 9.52 Å². The standard InChI is InChI=1S/C13H14N4O3/c18-8-5-10-9-16(15-14-10)6-7-17-11-3-1-2-4-12(11)20-13(17)19/h1-4,9,18H,5-8H2. The maximum Gasteiger partial charge on any atom is 0.420 e. The molecule has 0 bridgehead atoms. The first-order valence-electron chi connectivity index (χ1n) is 6.36. The Morgan fingerprint density at radius 1 is 1.25 bits per heavy atom. The summed E-state index contributed by atoms with van der Waals surface area (Å²) in [4.78, 5) is 11.8. The largest absolute Gasteiger partial charge is 0.420 e. The molecule has 0 saturated heterocycles. The lowest BCUT2D eigenvalue weighted by Gasteiger charge is -2.01. The Hall–Kier alpha value is -2.41. The van der Waals surface area contributed by atoms with Crippen LogP contribution in [-0.4, -0.2) is 31.3 Å². The summed E-state index contributed by atoms with van der Waals surface area (Å²) in [6, 6.07) is 7.30. The number of fused-ring (bicyclic) bond motifs is 1.